The number of amides is 3. The molecule has 3 amide bonds. The molecule has 3 aromatic rings. The minimum Gasteiger partial charge on any atom is -0.465 e. The van der Waals surface area contributed by atoms with Crippen LogP contribution in [0.1, 0.15) is 42.4 Å². The smallest absolute Gasteiger partial charge is 0.325 e. The first-order valence-electron chi connectivity index (χ1n) is 12.4. The number of imide groups is 1. The van der Waals surface area contributed by atoms with Crippen molar-refractivity contribution in [2.45, 2.75) is 51.2 Å². The number of hydrogen-bond donors (Lipinski definition) is 1. The van der Waals surface area contributed by atoms with Gasteiger partial charge < -0.3 is 9.73 Å². The topological polar surface area (TPSA) is 78.7 Å². The molecule has 0 unspecified atom stereocenters. The summed E-state index contributed by atoms with van der Waals surface area (Å²) in [5, 5.41) is 3.16. The second kappa shape index (κ2) is 10.0. The van der Waals surface area contributed by atoms with Crippen LogP contribution in [-0.4, -0.2) is 45.4 Å². The first-order valence-corrected chi connectivity index (χ1v) is 12.4. The number of urea groups is 1. The first-order chi connectivity index (χ1) is 17.1. The Morgan fingerprint density at radius 1 is 0.971 bits per heavy atom. The van der Waals surface area contributed by atoms with Gasteiger partial charge in [-0.25, -0.2) is 4.79 Å². The van der Waals surface area contributed by atoms with Crippen molar-refractivity contribution in [2.75, 3.05) is 13.1 Å². The molecule has 0 bridgehead atoms. The van der Waals surface area contributed by atoms with Gasteiger partial charge >= 0.3 is 6.03 Å². The Bertz CT molecular complexity index is 1160. The molecule has 182 valence electrons. The van der Waals surface area contributed by atoms with E-state index in [0.717, 1.165) is 61.5 Å². The summed E-state index contributed by atoms with van der Waals surface area (Å²) in [5.74, 6) is 1.90. The number of benzene rings is 1. The van der Waals surface area contributed by atoms with Crippen LogP contribution in [0.5, 0.6) is 0 Å². The molecule has 2 aliphatic heterocycles. The van der Waals surface area contributed by atoms with Crippen LogP contribution < -0.4 is 5.32 Å². The zero-order chi connectivity index (χ0) is 24.3. The summed E-state index contributed by atoms with van der Waals surface area (Å²) in [4.78, 5) is 34.9. The number of nitrogens with one attached hydrogen (secondary N) is 1. The van der Waals surface area contributed by atoms with E-state index in [4.69, 9.17) is 4.42 Å². The number of hydrogen-bond acceptors (Lipinski definition) is 5. The van der Waals surface area contributed by atoms with Crippen molar-refractivity contribution in [2.24, 2.45) is 5.92 Å². The zero-order valence-electron chi connectivity index (χ0n) is 20.2. The fourth-order valence-electron chi connectivity index (χ4n) is 5.42. The molecule has 1 aromatic carbocycles. The van der Waals surface area contributed by atoms with Crippen LogP contribution in [0.3, 0.4) is 0 Å². The van der Waals surface area contributed by atoms with E-state index in [2.05, 4.69) is 28.2 Å². The quantitative estimate of drug-likeness (QED) is 0.498. The van der Waals surface area contributed by atoms with Crippen LogP contribution >= 0.6 is 0 Å². The van der Waals surface area contributed by atoms with Crippen molar-refractivity contribution < 1.29 is 14.0 Å². The maximum Gasteiger partial charge on any atom is 0.325 e. The highest BCUT2D eigenvalue weighted by molar-refractivity contribution is 6.07. The van der Waals surface area contributed by atoms with Crippen molar-refractivity contribution >= 4 is 11.9 Å². The van der Waals surface area contributed by atoms with Gasteiger partial charge in [0.1, 0.15) is 17.1 Å². The molecule has 5 rings (SSSR count). The van der Waals surface area contributed by atoms with Gasteiger partial charge in [-0.2, -0.15) is 0 Å². The van der Waals surface area contributed by atoms with E-state index in [-0.39, 0.29) is 24.4 Å². The van der Waals surface area contributed by atoms with Gasteiger partial charge in [0.15, 0.2) is 0 Å². The molecule has 0 radical (unpaired) electrons. The summed E-state index contributed by atoms with van der Waals surface area (Å²) in [6.45, 7) is 4.80. The van der Waals surface area contributed by atoms with Crippen LogP contribution in [0, 0.1) is 5.92 Å². The Kier molecular flexibility index (Phi) is 6.68. The lowest BCUT2D eigenvalue weighted by molar-refractivity contribution is -0.134. The lowest BCUT2D eigenvalue weighted by atomic mass is 9.74. The highest BCUT2D eigenvalue weighted by Gasteiger charge is 2.55. The Morgan fingerprint density at radius 2 is 1.71 bits per heavy atom. The van der Waals surface area contributed by atoms with Gasteiger partial charge in [-0.1, -0.05) is 43.3 Å². The Labute approximate surface area is 206 Å². The van der Waals surface area contributed by atoms with E-state index in [1.165, 1.54) is 4.90 Å². The molecule has 1 N–H and O–H groups in total. The van der Waals surface area contributed by atoms with E-state index in [9.17, 15) is 9.59 Å². The molecular weight excluding hydrogens is 440 g/mol. The summed E-state index contributed by atoms with van der Waals surface area (Å²) >= 11 is 0. The fourth-order valence-corrected chi connectivity index (χ4v) is 5.42. The van der Waals surface area contributed by atoms with Crippen molar-refractivity contribution in [3.8, 4) is 0 Å². The van der Waals surface area contributed by atoms with Crippen LogP contribution in [0.4, 0.5) is 4.79 Å². The number of rotatable bonds is 8. The molecule has 2 aliphatic rings. The van der Waals surface area contributed by atoms with Gasteiger partial charge in [0.25, 0.3) is 5.91 Å². The molecule has 2 aromatic heterocycles. The van der Waals surface area contributed by atoms with Crippen LogP contribution in [0.15, 0.2) is 71.4 Å². The number of nitrogens with zero attached hydrogens (tertiary/aromatic N) is 3. The van der Waals surface area contributed by atoms with Gasteiger partial charge in [0.2, 0.25) is 0 Å². The van der Waals surface area contributed by atoms with E-state index in [0.29, 0.717) is 6.42 Å². The summed E-state index contributed by atoms with van der Waals surface area (Å²) in [7, 11) is 0. The van der Waals surface area contributed by atoms with Gasteiger partial charge in [-0.15, -0.1) is 0 Å². The molecule has 1 atom stereocenters. The largest absolute Gasteiger partial charge is 0.465 e. The third-order valence-electron chi connectivity index (χ3n) is 7.32. The number of carbonyl (C=O) groups excluding carboxylic acids is 2. The monoisotopic (exact) mass is 472 g/mol. The molecule has 7 heteroatoms. The lowest BCUT2D eigenvalue weighted by Gasteiger charge is -2.41. The van der Waals surface area contributed by atoms with Crippen molar-refractivity contribution in [1.29, 1.82) is 0 Å². The first kappa shape index (κ1) is 23.3. The van der Waals surface area contributed by atoms with E-state index in [1.54, 1.807) is 12.4 Å². The standard InChI is InChI=1S/C28H32N4O3/c1-2-24-10-11-25(35-24)20-31-15-12-23(13-16-31)28(17-21-7-4-3-5-8-21)26(33)32(27(34)30-28)19-22-9-6-14-29-18-22/h3-11,14,18,23H,2,12-13,15-17,19-20H2,1H3,(H,30,34)/t28-/m0/s1. The average molecular weight is 473 g/mol. The molecule has 4 heterocycles. The van der Waals surface area contributed by atoms with E-state index in [1.807, 2.05) is 48.5 Å². The third kappa shape index (κ3) is 4.86. The third-order valence-corrected chi connectivity index (χ3v) is 7.32. The molecule has 0 saturated carbocycles. The second-order valence-electron chi connectivity index (χ2n) is 9.59. The van der Waals surface area contributed by atoms with Crippen LogP contribution in [0.2, 0.25) is 0 Å². The Morgan fingerprint density at radius 3 is 2.40 bits per heavy atom. The molecule has 0 spiro atoms. The normalized spacial score (nSPS) is 21.5. The maximum absolute atomic E-state index is 13.9. The predicted molar refractivity (Wildman–Crippen MR) is 132 cm³/mol. The molecule has 0 aliphatic carbocycles. The molecule has 2 fully saturated rings. The Balaban J connectivity index is 1.35. The van der Waals surface area contributed by atoms with Crippen molar-refractivity contribution in [3.05, 3.63) is 89.6 Å². The number of aromatic nitrogens is 1. The van der Waals surface area contributed by atoms with Crippen LogP contribution in [0.25, 0.3) is 0 Å². The summed E-state index contributed by atoms with van der Waals surface area (Å²) < 4.78 is 5.90. The van der Waals surface area contributed by atoms with Crippen molar-refractivity contribution in [3.63, 3.8) is 0 Å². The summed E-state index contributed by atoms with van der Waals surface area (Å²) in [6.07, 6.45) is 6.44. The van der Waals surface area contributed by atoms with Crippen molar-refractivity contribution in [1.82, 2.24) is 20.1 Å². The minimum absolute atomic E-state index is 0.0529. The van der Waals surface area contributed by atoms with Crippen LogP contribution in [-0.2, 0) is 30.7 Å². The number of carbonyl (C=O) groups is 2. The number of furan rings is 1. The van der Waals surface area contributed by atoms with Gasteiger partial charge in [0, 0.05) is 25.2 Å². The maximum atomic E-state index is 13.9. The predicted octanol–water partition coefficient (Wildman–Crippen LogP) is 4.18. The fraction of sp³-hybridized carbons (Fsp3) is 0.393. The second-order valence-corrected chi connectivity index (χ2v) is 9.59. The Hall–Kier alpha value is -3.45. The highest BCUT2D eigenvalue weighted by atomic mass is 16.3. The zero-order valence-corrected chi connectivity index (χ0v) is 20.2. The molecule has 7 nitrogen and oxygen atoms in total. The summed E-state index contributed by atoms with van der Waals surface area (Å²) in [6, 6.07) is 17.5. The number of pyridine rings is 1. The van der Waals surface area contributed by atoms with Gasteiger partial charge in [-0.3, -0.25) is 19.6 Å². The minimum atomic E-state index is -0.938. The number of aryl methyl sites for hydroxylation is 1. The highest BCUT2D eigenvalue weighted by Crippen LogP contribution is 2.37. The molecule has 35 heavy (non-hydrogen) atoms. The van der Waals surface area contributed by atoms with Gasteiger partial charge in [0.05, 0.1) is 13.1 Å². The molecule has 2 saturated heterocycles. The van der Waals surface area contributed by atoms with Gasteiger partial charge in [-0.05, 0) is 61.2 Å². The lowest BCUT2D eigenvalue weighted by Crippen LogP contribution is -2.57. The van der Waals surface area contributed by atoms with E-state index < -0.39 is 5.54 Å². The SMILES string of the molecule is CCc1ccc(CN2CCC([C@]3(Cc4ccccc4)NC(=O)N(Cc4cccnc4)C3=O)CC2)o1. The molecular formula is C28H32N4O3. The summed E-state index contributed by atoms with van der Waals surface area (Å²) in [5.41, 5.74) is 0.952. The average Bonchev–Trinajstić information content (AvgIpc) is 3.44. The number of piperidine rings is 1. The number of likely N-dealkylation sites (tertiary alicyclic amines) is 1. The van der Waals surface area contributed by atoms with E-state index >= 15 is 0 Å².